The van der Waals surface area contributed by atoms with E-state index in [0.717, 1.165) is 167 Å². The summed E-state index contributed by atoms with van der Waals surface area (Å²) in [6.07, 6.45) is 19.5. The third-order valence-electron chi connectivity index (χ3n) is 25.5. The maximum Gasteiger partial charge on any atom is 0.305 e. The zero-order valence-corrected chi connectivity index (χ0v) is 34.2. The first-order valence-corrected chi connectivity index (χ1v) is 25.4. The highest BCUT2D eigenvalue weighted by Crippen LogP contribution is 2.97. The Kier molecular flexibility index (Phi) is 4.99. The van der Waals surface area contributed by atoms with Crippen LogP contribution in [0.4, 0.5) is 0 Å². The van der Waals surface area contributed by atoms with Gasteiger partial charge < -0.3 is 4.74 Å². The third-order valence-corrected chi connectivity index (χ3v) is 25.5. The summed E-state index contributed by atoms with van der Waals surface area (Å²) in [5.41, 5.74) is 10.9. The highest BCUT2D eigenvalue weighted by molar-refractivity contribution is 5.69. The normalized spacial score (nSPS) is 65.2. The largest absolute Gasteiger partial charge is 0.465 e. The van der Waals surface area contributed by atoms with Gasteiger partial charge >= 0.3 is 5.97 Å². The van der Waals surface area contributed by atoms with Crippen LogP contribution in [0.2, 0.25) is 0 Å². The van der Waals surface area contributed by atoms with Crippen molar-refractivity contribution in [1.29, 1.82) is 0 Å². The standard InChI is InChI=1S/C55H62O2/c1-3-21(2)20-57-31(56)10-7-11-54(29-8-5-4-6-9-29)53-30-18-27-16-24-14-25-13-22-12-23-15-26-17-28-19-55(53,54)52-38(28)43-37(26)42-33(23)32(22)40-36(25)41-34(24)35(27)44-39(30)51(52)50-48(43)46(42)45(40)47(41)49(44)50/h4-6,8-9,14,19,21-23,25-27,30,32-39,41-44,46-53H,3,7,10-13,15-18,20H2,1-2H3/t21?,22-,23?,25-,26?,27?,30?,32?,33?,34?,35?,36?,37?,38?,39?,41?,42?,43?,44?,46?,47?,48?,49?,50?,51?,52?,53?,54?,55?/m1/s1. The number of benzene rings is 1. The number of allylic oxidation sites excluding steroid dienone is 6. The van der Waals surface area contributed by atoms with Gasteiger partial charge in [0.1, 0.15) is 0 Å². The Bertz CT molecular complexity index is 2250. The van der Waals surface area contributed by atoms with Gasteiger partial charge in [0.2, 0.25) is 0 Å². The van der Waals surface area contributed by atoms with Gasteiger partial charge in [-0.1, -0.05) is 85.0 Å². The predicted octanol–water partition coefficient (Wildman–Crippen LogP) is 10.4. The molecule has 18 rings (SSSR count). The summed E-state index contributed by atoms with van der Waals surface area (Å²) in [5.74, 6) is 26.4. The van der Waals surface area contributed by atoms with Gasteiger partial charge in [-0.25, -0.2) is 0 Å². The lowest BCUT2D eigenvalue weighted by atomic mass is 9.44. The van der Waals surface area contributed by atoms with E-state index >= 15 is 0 Å². The molecule has 0 saturated heterocycles. The van der Waals surface area contributed by atoms with Crippen LogP contribution in [0.15, 0.2) is 64.8 Å². The summed E-state index contributed by atoms with van der Waals surface area (Å²) in [4.78, 5) is 13.4. The molecule has 0 aromatic heterocycles. The smallest absolute Gasteiger partial charge is 0.305 e. The van der Waals surface area contributed by atoms with Gasteiger partial charge in [-0.3, -0.25) is 4.79 Å². The average Bonchev–Trinajstić information content (AvgIpc) is 3.91. The molecule has 27 unspecified atom stereocenters. The van der Waals surface area contributed by atoms with E-state index in [2.05, 4.69) is 73.1 Å². The number of carbonyl (C=O) groups excluding carboxylic acids is 1. The van der Waals surface area contributed by atoms with E-state index in [1.54, 1.807) is 31.2 Å². The molecule has 0 aliphatic heterocycles. The van der Waals surface area contributed by atoms with Crippen molar-refractivity contribution in [3.8, 4) is 0 Å². The van der Waals surface area contributed by atoms with Gasteiger partial charge in [0.05, 0.1) is 6.61 Å². The van der Waals surface area contributed by atoms with Crippen LogP contribution < -0.4 is 0 Å². The summed E-state index contributed by atoms with van der Waals surface area (Å²) in [6, 6.07) is 12.3. The van der Waals surface area contributed by atoms with Crippen LogP contribution in [-0.4, -0.2) is 12.6 Å². The molecule has 13 fully saturated rings. The molecule has 0 radical (unpaired) electrons. The minimum atomic E-state index is 0.0668. The van der Waals surface area contributed by atoms with Crippen LogP contribution in [0.5, 0.6) is 0 Å². The Morgan fingerprint density at radius 3 is 2.33 bits per heavy atom. The lowest BCUT2D eigenvalue weighted by Crippen LogP contribution is -2.56. The third kappa shape index (κ3) is 2.80. The van der Waals surface area contributed by atoms with Gasteiger partial charge in [0.25, 0.3) is 0 Å². The zero-order valence-electron chi connectivity index (χ0n) is 34.2. The van der Waals surface area contributed by atoms with E-state index < -0.39 is 0 Å². The van der Waals surface area contributed by atoms with Crippen molar-refractivity contribution in [3.05, 3.63) is 70.3 Å². The second-order valence-electron chi connectivity index (χ2n) is 25.5. The number of hydrogen-bond donors (Lipinski definition) is 0. The molecule has 294 valence electrons. The molecule has 0 heterocycles. The topological polar surface area (TPSA) is 26.3 Å². The Labute approximate surface area is 339 Å². The van der Waals surface area contributed by atoms with Crippen molar-refractivity contribution in [2.75, 3.05) is 6.61 Å². The van der Waals surface area contributed by atoms with Crippen LogP contribution in [0, 0.1) is 165 Å². The Morgan fingerprint density at radius 2 is 1.44 bits per heavy atom. The molecule has 1 spiro atoms. The van der Waals surface area contributed by atoms with Crippen molar-refractivity contribution in [3.63, 3.8) is 0 Å². The van der Waals surface area contributed by atoms with E-state index in [-0.39, 0.29) is 11.4 Å². The Hall–Kier alpha value is -2.09. The van der Waals surface area contributed by atoms with E-state index in [4.69, 9.17) is 4.74 Å². The van der Waals surface area contributed by atoms with Crippen LogP contribution >= 0.6 is 0 Å². The second-order valence-corrected chi connectivity index (χ2v) is 25.5. The molecule has 17 aliphatic rings. The van der Waals surface area contributed by atoms with Crippen LogP contribution in [0.1, 0.15) is 83.6 Å². The quantitative estimate of drug-likeness (QED) is 0.195. The maximum atomic E-state index is 13.4. The highest BCUT2D eigenvalue weighted by Gasteiger charge is 2.93. The first-order valence-electron chi connectivity index (χ1n) is 25.4. The molecule has 0 bridgehead atoms. The summed E-state index contributed by atoms with van der Waals surface area (Å²) in [5, 5.41) is 0. The molecule has 17 aliphatic carbocycles. The van der Waals surface area contributed by atoms with E-state index in [0.29, 0.717) is 24.4 Å². The number of ether oxygens (including phenoxy) is 1. The Balaban J connectivity index is 0.880. The molecule has 2 nitrogen and oxygen atoms in total. The first kappa shape index (κ1) is 30.9. The Morgan fingerprint density at radius 1 is 0.702 bits per heavy atom. The molecular formula is C55H62O2. The molecule has 13 saturated carbocycles. The van der Waals surface area contributed by atoms with Crippen molar-refractivity contribution in [1.82, 2.24) is 0 Å². The highest BCUT2D eigenvalue weighted by atomic mass is 16.5. The molecule has 57 heavy (non-hydrogen) atoms. The minimum Gasteiger partial charge on any atom is -0.465 e. The fourth-order valence-corrected chi connectivity index (χ4v) is 26.1. The lowest BCUT2D eigenvalue weighted by Gasteiger charge is -2.60. The van der Waals surface area contributed by atoms with E-state index in [1.807, 2.05) is 5.57 Å². The number of hydrogen-bond acceptors (Lipinski definition) is 2. The van der Waals surface area contributed by atoms with Gasteiger partial charge in [0.15, 0.2) is 0 Å². The summed E-state index contributed by atoms with van der Waals surface area (Å²) < 4.78 is 5.95. The molecule has 0 amide bonds. The van der Waals surface area contributed by atoms with Crippen LogP contribution in [-0.2, 0) is 14.9 Å². The van der Waals surface area contributed by atoms with Gasteiger partial charge in [-0.05, 0) is 217 Å². The SMILES string of the molecule is CCC(C)COC(=O)CCCC1(c2ccccc2)C2C3CC4CC5=C[C@H]6C[C@H]7CC8CC9CC%10=CC21C1C%10C2C9C9C%10C%11=C(C7C89)C6C6C5C4C4C3C1C(C%102)C4C%116. The van der Waals surface area contributed by atoms with Crippen molar-refractivity contribution < 1.29 is 9.53 Å². The molecular weight excluding hydrogens is 693 g/mol. The zero-order chi connectivity index (χ0) is 36.5. The number of carbonyl (C=O) groups is 1. The first-order chi connectivity index (χ1) is 28.0. The number of fused-ring (bicyclic) bond motifs is 1. The molecule has 1 aromatic carbocycles. The lowest BCUT2D eigenvalue weighted by molar-refractivity contribution is -0.145. The van der Waals surface area contributed by atoms with Gasteiger partial charge in [-0.2, -0.15) is 0 Å². The molecule has 29 atom stereocenters. The van der Waals surface area contributed by atoms with Crippen molar-refractivity contribution >= 4 is 5.97 Å². The fourth-order valence-electron chi connectivity index (χ4n) is 26.1. The van der Waals surface area contributed by atoms with Crippen LogP contribution in [0.25, 0.3) is 0 Å². The molecule has 2 heteroatoms. The monoisotopic (exact) mass is 754 g/mol. The van der Waals surface area contributed by atoms with Gasteiger partial charge in [0, 0.05) is 17.3 Å². The molecule has 1 aromatic rings. The van der Waals surface area contributed by atoms with Gasteiger partial charge in [-0.15, -0.1) is 0 Å². The van der Waals surface area contributed by atoms with Crippen molar-refractivity contribution in [2.24, 2.45) is 165 Å². The minimum absolute atomic E-state index is 0.0668. The van der Waals surface area contributed by atoms with E-state index in [1.165, 1.54) is 19.3 Å². The fraction of sp³-hybridized carbons (Fsp3) is 0.764. The second kappa shape index (κ2) is 9.22. The number of rotatable bonds is 8. The van der Waals surface area contributed by atoms with E-state index in [9.17, 15) is 4.79 Å². The maximum absolute atomic E-state index is 13.4. The van der Waals surface area contributed by atoms with Crippen LogP contribution in [0.3, 0.4) is 0 Å². The van der Waals surface area contributed by atoms with Crippen molar-refractivity contribution in [2.45, 2.75) is 83.5 Å². The molecule has 0 N–H and O–H groups in total. The number of esters is 1. The predicted molar refractivity (Wildman–Crippen MR) is 216 cm³/mol. The average molecular weight is 755 g/mol. The summed E-state index contributed by atoms with van der Waals surface area (Å²) >= 11 is 0. The summed E-state index contributed by atoms with van der Waals surface area (Å²) in [7, 11) is 0. The summed E-state index contributed by atoms with van der Waals surface area (Å²) in [6.45, 7) is 5.03.